The number of likely N-dealkylation sites (tertiary alicyclic amines) is 1. The molecule has 192 valence electrons. The van der Waals surface area contributed by atoms with Crippen LogP contribution in [0.3, 0.4) is 0 Å². The lowest BCUT2D eigenvalue weighted by molar-refractivity contribution is -0.141. The summed E-state index contributed by atoms with van der Waals surface area (Å²) in [6.45, 7) is 6.08. The van der Waals surface area contributed by atoms with Crippen LogP contribution in [-0.2, 0) is 15.7 Å². The first-order chi connectivity index (χ1) is 16.2. The molecule has 0 saturated carbocycles. The molecule has 0 bridgehead atoms. The molecule has 2 atom stereocenters. The van der Waals surface area contributed by atoms with E-state index in [1.165, 1.54) is 12.1 Å². The molecular weight excluding hydrogens is 481 g/mol. The summed E-state index contributed by atoms with van der Waals surface area (Å²) in [6.07, 6.45) is -2.93. The van der Waals surface area contributed by atoms with Crippen molar-refractivity contribution in [2.24, 2.45) is 0 Å². The Balaban J connectivity index is 0.00000342. The third kappa shape index (κ3) is 6.29. The van der Waals surface area contributed by atoms with Gasteiger partial charge in [0.15, 0.2) is 0 Å². The van der Waals surface area contributed by atoms with Gasteiger partial charge < -0.3 is 14.8 Å². The van der Waals surface area contributed by atoms with Crippen LogP contribution in [-0.4, -0.2) is 48.8 Å². The predicted octanol–water partition coefficient (Wildman–Crippen LogP) is 5.32. The fourth-order valence-electron chi connectivity index (χ4n) is 4.82. The average molecular weight is 513 g/mol. The van der Waals surface area contributed by atoms with Gasteiger partial charge in [0, 0.05) is 26.3 Å². The largest absolute Gasteiger partial charge is 0.489 e. The number of aryl methyl sites for hydroxylation is 1. The van der Waals surface area contributed by atoms with Crippen molar-refractivity contribution in [3.05, 3.63) is 65.2 Å². The summed E-state index contributed by atoms with van der Waals surface area (Å²) >= 11 is 0. The molecule has 2 saturated heterocycles. The van der Waals surface area contributed by atoms with Gasteiger partial charge in [-0.2, -0.15) is 13.2 Å². The normalized spacial score (nSPS) is 21.1. The molecule has 5 nitrogen and oxygen atoms in total. The Kier molecular flexibility index (Phi) is 8.72. The monoisotopic (exact) mass is 512 g/mol. The molecule has 0 spiro atoms. The molecule has 0 unspecified atom stereocenters. The summed E-state index contributed by atoms with van der Waals surface area (Å²) in [6, 6.07) is 12.9. The number of benzene rings is 2. The van der Waals surface area contributed by atoms with Gasteiger partial charge in [-0.1, -0.05) is 35.9 Å². The molecule has 2 fully saturated rings. The van der Waals surface area contributed by atoms with Gasteiger partial charge in [0.1, 0.15) is 17.4 Å². The van der Waals surface area contributed by atoms with Gasteiger partial charge in [-0.25, -0.2) is 0 Å². The van der Waals surface area contributed by atoms with Crippen LogP contribution in [0.1, 0.15) is 48.9 Å². The number of carbonyl (C=O) groups is 1. The first-order valence-corrected chi connectivity index (χ1v) is 11.7. The zero-order chi connectivity index (χ0) is 24.3. The molecule has 4 rings (SSSR count). The lowest BCUT2D eigenvalue weighted by atomic mass is 9.86. The van der Waals surface area contributed by atoms with E-state index >= 15 is 0 Å². The maximum Gasteiger partial charge on any atom is 0.416 e. The van der Waals surface area contributed by atoms with Gasteiger partial charge in [0.25, 0.3) is 0 Å². The Morgan fingerprint density at radius 1 is 1.17 bits per heavy atom. The van der Waals surface area contributed by atoms with E-state index in [0.717, 1.165) is 23.3 Å². The van der Waals surface area contributed by atoms with E-state index in [9.17, 15) is 18.0 Å². The Labute approximate surface area is 210 Å². The fourth-order valence-corrected chi connectivity index (χ4v) is 4.82. The maximum atomic E-state index is 13.6. The number of amides is 1. The molecule has 0 aliphatic carbocycles. The molecule has 9 heteroatoms. The standard InChI is InChI=1S/C26H31F3N2O3.ClH/c1-18-6-8-20(9-7-18)19(2)30-24(32)25(11-14-33-15-12-25)31-13-10-23(17-31)34-22-5-3-4-21(16-22)26(27,28)29;/h3-9,16,19,23H,10-15,17H2,1-2H3,(H,30,32);1H/t19-,23+;/m0./s1. The number of ether oxygens (including phenoxy) is 2. The molecule has 0 radical (unpaired) electrons. The zero-order valence-corrected chi connectivity index (χ0v) is 20.8. The van der Waals surface area contributed by atoms with Crippen molar-refractivity contribution in [1.82, 2.24) is 10.2 Å². The molecule has 2 aromatic carbocycles. The van der Waals surface area contributed by atoms with Gasteiger partial charge in [-0.3, -0.25) is 9.69 Å². The van der Waals surface area contributed by atoms with Gasteiger partial charge in [-0.05, 0) is 56.9 Å². The first kappa shape index (κ1) is 27.3. The van der Waals surface area contributed by atoms with Crippen LogP contribution >= 0.6 is 12.4 Å². The topological polar surface area (TPSA) is 50.8 Å². The second kappa shape index (κ2) is 11.2. The molecule has 2 aliphatic heterocycles. The smallest absolute Gasteiger partial charge is 0.416 e. The molecule has 0 aromatic heterocycles. The predicted molar refractivity (Wildman–Crippen MR) is 130 cm³/mol. The van der Waals surface area contributed by atoms with Gasteiger partial charge >= 0.3 is 6.18 Å². The number of nitrogens with zero attached hydrogens (tertiary/aromatic N) is 1. The van der Waals surface area contributed by atoms with Crippen molar-refractivity contribution in [3.63, 3.8) is 0 Å². The Bertz CT molecular complexity index is 994. The van der Waals surface area contributed by atoms with Crippen LogP contribution in [0.4, 0.5) is 13.2 Å². The van der Waals surface area contributed by atoms with Crippen LogP contribution in [0, 0.1) is 6.92 Å². The van der Waals surface area contributed by atoms with E-state index in [4.69, 9.17) is 9.47 Å². The highest BCUT2D eigenvalue weighted by Crippen LogP contribution is 2.35. The summed E-state index contributed by atoms with van der Waals surface area (Å²) in [5.41, 5.74) is 0.744. The minimum absolute atomic E-state index is 0. The lowest BCUT2D eigenvalue weighted by Crippen LogP contribution is -2.61. The van der Waals surface area contributed by atoms with E-state index in [2.05, 4.69) is 10.2 Å². The number of nitrogens with one attached hydrogen (secondary N) is 1. The summed E-state index contributed by atoms with van der Waals surface area (Å²) in [7, 11) is 0. The van der Waals surface area contributed by atoms with E-state index in [-0.39, 0.29) is 36.2 Å². The van der Waals surface area contributed by atoms with E-state index in [1.807, 2.05) is 38.1 Å². The van der Waals surface area contributed by atoms with Gasteiger partial charge in [0.2, 0.25) is 5.91 Å². The Hall–Kier alpha value is -2.29. The van der Waals surface area contributed by atoms with Crippen LogP contribution in [0.5, 0.6) is 5.75 Å². The zero-order valence-electron chi connectivity index (χ0n) is 19.9. The highest BCUT2D eigenvalue weighted by molar-refractivity contribution is 5.87. The third-order valence-corrected chi connectivity index (χ3v) is 6.88. The van der Waals surface area contributed by atoms with Crippen molar-refractivity contribution in [2.45, 2.75) is 57.0 Å². The van der Waals surface area contributed by atoms with Crippen molar-refractivity contribution in [1.29, 1.82) is 0 Å². The SMILES string of the molecule is Cc1ccc([C@H](C)NC(=O)C2(N3CC[C@@H](Oc4cccc(C(F)(F)F)c4)C3)CCOCC2)cc1.Cl. The second-order valence-corrected chi connectivity index (χ2v) is 9.25. The maximum absolute atomic E-state index is 13.6. The molecule has 35 heavy (non-hydrogen) atoms. The number of rotatable bonds is 6. The van der Waals surface area contributed by atoms with Gasteiger partial charge in [0.05, 0.1) is 11.6 Å². The third-order valence-electron chi connectivity index (χ3n) is 6.88. The van der Waals surface area contributed by atoms with Crippen molar-refractivity contribution in [3.8, 4) is 5.75 Å². The molecule has 2 aliphatic rings. The van der Waals surface area contributed by atoms with Crippen molar-refractivity contribution < 1.29 is 27.4 Å². The minimum atomic E-state index is -4.42. The van der Waals surface area contributed by atoms with Crippen molar-refractivity contribution in [2.75, 3.05) is 26.3 Å². The fraction of sp³-hybridized carbons (Fsp3) is 0.500. The van der Waals surface area contributed by atoms with Gasteiger partial charge in [-0.15, -0.1) is 12.4 Å². The summed E-state index contributed by atoms with van der Waals surface area (Å²) < 4.78 is 50.6. The molecule has 2 aromatic rings. The van der Waals surface area contributed by atoms with E-state index < -0.39 is 17.3 Å². The Morgan fingerprint density at radius 3 is 2.51 bits per heavy atom. The second-order valence-electron chi connectivity index (χ2n) is 9.25. The van der Waals surface area contributed by atoms with E-state index in [0.29, 0.717) is 45.6 Å². The highest BCUT2D eigenvalue weighted by atomic mass is 35.5. The van der Waals surface area contributed by atoms with Crippen LogP contribution in [0.25, 0.3) is 0 Å². The van der Waals surface area contributed by atoms with Crippen LogP contribution in [0.15, 0.2) is 48.5 Å². The number of hydrogen-bond acceptors (Lipinski definition) is 4. The Morgan fingerprint density at radius 2 is 1.86 bits per heavy atom. The summed E-state index contributed by atoms with van der Waals surface area (Å²) in [5.74, 6) is 0.156. The van der Waals surface area contributed by atoms with Crippen LogP contribution in [0.2, 0.25) is 0 Å². The number of carbonyl (C=O) groups excluding carboxylic acids is 1. The van der Waals surface area contributed by atoms with E-state index in [1.54, 1.807) is 0 Å². The lowest BCUT2D eigenvalue weighted by Gasteiger charge is -2.43. The number of halogens is 4. The number of hydrogen-bond donors (Lipinski definition) is 1. The van der Waals surface area contributed by atoms with Crippen LogP contribution < -0.4 is 10.1 Å². The average Bonchev–Trinajstić information content (AvgIpc) is 3.28. The summed E-state index contributed by atoms with van der Waals surface area (Å²) in [4.78, 5) is 15.7. The molecule has 2 heterocycles. The molecule has 1 N–H and O–H groups in total. The molecule has 1 amide bonds. The quantitative estimate of drug-likeness (QED) is 0.569. The minimum Gasteiger partial charge on any atom is -0.489 e. The number of alkyl halides is 3. The molecular formula is C26H32ClF3N2O3. The summed E-state index contributed by atoms with van der Waals surface area (Å²) in [5, 5.41) is 3.19. The highest BCUT2D eigenvalue weighted by Gasteiger charge is 2.48. The first-order valence-electron chi connectivity index (χ1n) is 11.7. The van der Waals surface area contributed by atoms with Crippen molar-refractivity contribution >= 4 is 18.3 Å².